The normalized spacial score (nSPS) is 12.7. The molecule has 1 atom stereocenters. The van der Waals surface area contributed by atoms with E-state index in [1.807, 2.05) is 5.32 Å². The molecular formula is C7H14FNO4. The van der Waals surface area contributed by atoms with Crippen molar-refractivity contribution in [1.82, 2.24) is 5.32 Å². The Morgan fingerprint density at radius 2 is 2.08 bits per heavy atom. The molecule has 1 unspecified atom stereocenters. The molecule has 0 bridgehead atoms. The standard InChI is InChI=1S/C7H14FNO4/c1-2-6(8)9-7(12)13-5(3-10)4-11/h5-6,10-11H,2-4H2,1H3,(H,9,12). The number of rotatable bonds is 5. The first kappa shape index (κ1) is 12.1. The average molecular weight is 195 g/mol. The van der Waals surface area contributed by atoms with Gasteiger partial charge < -0.3 is 14.9 Å². The topological polar surface area (TPSA) is 78.8 Å². The van der Waals surface area contributed by atoms with Gasteiger partial charge in [0.05, 0.1) is 13.2 Å². The minimum absolute atomic E-state index is 0.137. The zero-order valence-corrected chi connectivity index (χ0v) is 7.36. The Morgan fingerprint density at radius 1 is 1.54 bits per heavy atom. The van der Waals surface area contributed by atoms with E-state index in [2.05, 4.69) is 4.74 Å². The van der Waals surface area contributed by atoms with Crippen molar-refractivity contribution in [3.05, 3.63) is 0 Å². The number of aliphatic hydroxyl groups excluding tert-OH is 2. The fourth-order valence-corrected chi connectivity index (χ4v) is 0.548. The van der Waals surface area contributed by atoms with Crippen molar-refractivity contribution in [1.29, 1.82) is 0 Å². The number of aliphatic hydroxyl groups is 2. The van der Waals surface area contributed by atoms with Crippen molar-refractivity contribution >= 4 is 6.09 Å². The largest absolute Gasteiger partial charge is 0.441 e. The van der Waals surface area contributed by atoms with E-state index in [0.29, 0.717) is 0 Å². The lowest BCUT2D eigenvalue weighted by molar-refractivity contribution is 0.0180. The van der Waals surface area contributed by atoms with E-state index in [1.165, 1.54) is 0 Å². The van der Waals surface area contributed by atoms with Gasteiger partial charge >= 0.3 is 6.09 Å². The smallest absolute Gasteiger partial charge is 0.409 e. The predicted molar refractivity (Wildman–Crippen MR) is 42.8 cm³/mol. The third kappa shape index (κ3) is 5.37. The SMILES string of the molecule is CCC(F)NC(=O)OC(CO)CO. The van der Waals surface area contributed by atoms with E-state index in [1.54, 1.807) is 6.92 Å². The van der Waals surface area contributed by atoms with Gasteiger partial charge in [0.2, 0.25) is 0 Å². The van der Waals surface area contributed by atoms with Gasteiger partial charge in [0.25, 0.3) is 0 Å². The first-order chi connectivity index (χ1) is 6.13. The summed E-state index contributed by atoms with van der Waals surface area (Å²) in [4.78, 5) is 10.7. The monoisotopic (exact) mass is 195 g/mol. The van der Waals surface area contributed by atoms with Crippen LogP contribution >= 0.6 is 0 Å². The highest BCUT2D eigenvalue weighted by Crippen LogP contribution is 1.95. The fraction of sp³-hybridized carbons (Fsp3) is 0.857. The van der Waals surface area contributed by atoms with Crippen LogP contribution in [0.4, 0.5) is 9.18 Å². The molecule has 0 spiro atoms. The maximum absolute atomic E-state index is 12.5. The molecule has 0 aromatic carbocycles. The predicted octanol–water partition coefficient (Wildman–Crippen LogP) is -0.229. The van der Waals surface area contributed by atoms with E-state index in [-0.39, 0.29) is 6.42 Å². The van der Waals surface area contributed by atoms with Crippen LogP contribution in [0.1, 0.15) is 13.3 Å². The number of alkyl carbamates (subject to hydrolysis) is 1. The van der Waals surface area contributed by atoms with Crippen LogP contribution in [0, 0.1) is 0 Å². The van der Waals surface area contributed by atoms with Gasteiger partial charge in [-0.1, -0.05) is 6.92 Å². The summed E-state index contributed by atoms with van der Waals surface area (Å²) in [6.45, 7) is 0.570. The summed E-state index contributed by atoms with van der Waals surface area (Å²) in [5.74, 6) is 0. The van der Waals surface area contributed by atoms with Gasteiger partial charge in [-0.05, 0) is 6.42 Å². The molecule has 0 rings (SSSR count). The van der Waals surface area contributed by atoms with E-state index >= 15 is 0 Å². The zero-order chi connectivity index (χ0) is 10.3. The molecular weight excluding hydrogens is 181 g/mol. The Hall–Kier alpha value is -0.880. The number of hydrogen-bond donors (Lipinski definition) is 3. The van der Waals surface area contributed by atoms with Crippen LogP contribution in [0.25, 0.3) is 0 Å². The number of amides is 1. The van der Waals surface area contributed by atoms with Crippen LogP contribution in [0.5, 0.6) is 0 Å². The van der Waals surface area contributed by atoms with E-state index in [0.717, 1.165) is 0 Å². The van der Waals surface area contributed by atoms with Crippen LogP contribution in [-0.4, -0.2) is 41.9 Å². The van der Waals surface area contributed by atoms with Gasteiger partial charge in [-0.15, -0.1) is 0 Å². The van der Waals surface area contributed by atoms with Gasteiger partial charge in [0, 0.05) is 0 Å². The van der Waals surface area contributed by atoms with Crippen molar-refractivity contribution in [2.45, 2.75) is 25.7 Å². The minimum Gasteiger partial charge on any atom is -0.441 e. The number of carbonyl (C=O) groups is 1. The number of ether oxygens (including phenoxy) is 1. The number of carbonyl (C=O) groups excluding carboxylic acids is 1. The molecule has 6 heteroatoms. The summed E-state index contributed by atoms with van der Waals surface area (Å²) in [6, 6.07) is 0. The molecule has 0 aliphatic carbocycles. The van der Waals surface area contributed by atoms with Crippen molar-refractivity contribution < 1.29 is 24.1 Å². The summed E-state index contributed by atoms with van der Waals surface area (Å²) in [5.41, 5.74) is 0. The first-order valence-corrected chi connectivity index (χ1v) is 3.97. The molecule has 1 amide bonds. The zero-order valence-electron chi connectivity index (χ0n) is 7.36. The molecule has 0 aromatic rings. The van der Waals surface area contributed by atoms with Crippen molar-refractivity contribution in [2.24, 2.45) is 0 Å². The van der Waals surface area contributed by atoms with E-state index < -0.39 is 31.7 Å². The molecule has 0 aliphatic rings. The summed E-state index contributed by atoms with van der Waals surface area (Å²) in [7, 11) is 0. The molecule has 0 saturated carbocycles. The van der Waals surface area contributed by atoms with Crippen LogP contribution in [0.2, 0.25) is 0 Å². The second kappa shape index (κ2) is 6.62. The second-order valence-corrected chi connectivity index (χ2v) is 2.41. The second-order valence-electron chi connectivity index (χ2n) is 2.41. The van der Waals surface area contributed by atoms with Crippen molar-refractivity contribution in [3.63, 3.8) is 0 Å². The van der Waals surface area contributed by atoms with E-state index in [9.17, 15) is 9.18 Å². The first-order valence-electron chi connectivity index (χ1n) is 3.97. The molecule has 0 aromatic heterocycles. The molecule has 5 nitrogen and oxygen atoms in total. The molecule has 0 saturated heterocycles. The molecule has 78 valence electrons. The molecule has 0 aliphatic heterocycles. The third-order valence-electron chi connectivity index (χ3n) is 1.31. The number of halogens is 1. The Labute approximate surface area is 75.5 Å². The van der Waals surface area contributed by atoms with Gasteiger partial charge in [-0.3, -0.25) is 5.32 Å². The third-order valence-corrected chi connectivity index (χ3v) is 1.31. The highest BCUT2D eigenvalue weighted by molar-refractivity contribution is 5.67. The minimum atomic E-state index is -1.47. The van der Waals surface area contributed by atoms with Crippen LogP contribution in [0.3, 0.4) is 0 Å². The summed E-state index contributed by atoms with van der Waals surface area (Å²) in [6.07, 6.45) is -3.31. The van der Waals surface area contributed by atoms with Crippen LogP contribution < -0.4 is 5.32 Å². The highest BCUT2D eigenvalue weighted by Gasteiger charge is 2.14. The van der Waals surface area contributed by atoms with Gasteiger partial charge in [-0.2, -0.15) is 0 Å². The number of alkyl halides is 1. The van der Waals surface area contributed by atoms with Gasteiger partial charge in [-0.25, -0.2) is 9.18 Å². The van der Waals surface area contributed by atoms with Gasteiger partial charge in [0.1, 0.15) is 6.10 Å². The number of nitrogens with one attached hydrogen (secondary N) is 1. The van der Waals surface area contributed by atoms with Crippen LogP contribution in [0.15, 0.2) is 0 Å². The molecule has 0 fully saturated rings. The summed E-state index contributed by atoms with van der Waals surface area (Å²) in [5, 5.41) is 18.9. The highest BCUT2D eigenvalue weighted by atomic mass is 19.1. The summed E-state index contributed by atoms with van der Waals surface area (Å²) >= 11 is 0. The molecule has 3 N–H and O–H groups in total. The lowest BCUT2D eigenvalue weighted by Crippen LogP contribution is -2.36. The Balaban J connectivity index is 3.72. The quantitative estimate of drug-likeness (QED) is 0.529. The molecule has 0 radical (unpaired) electrons. The molecule has 13 heavy (non-hydrogen) atoms. The van der Waals surface area contributed by atoms with Crippen molar-refractivity contribution in [2.75, 3.05) is 13.2 Å². The van der Waals surface area contributed by atoms with Gasteiger partial charge in [0.15, 0.2) is 6.30 Å². The Kier molecular flexibility index (Phi) is 6.17. The molecule has 0 heterocycles. The van der Waals surface area contributed by atoms with Crippen LogP contribution in [-0.2, 0) is 4.74 Å². The van der Waals surface area contributed by atoms with E-state index in [4.69, 9.17) is 10.2 Å². The Bertz CT molecular complexity index is 151. The lowest BCUT2D eigenvalue weighted by Gasteiger charge is -2.14. The maximum atomic E-state index is 12.5. The van der Waals surface area contributed by atoms with Crippen molar-refractivity contribution in [3.8, 4) is 0 Å². The Morgan fingerprint density at radius 3 is 2.46 bits per heavy atom. The maximum Gasteiger partial charge on any atom is 0.409 e. The number of hydrogen-bond acceptors (Lipinski definition) is 4. The lowest BCUT2D eigenvalue weighted by atomic mass is 10.4. The summed E-state index contributed by atoms with van der Waals surface area (Å²) < 4.78 is 16.9. The average Bonchev–Trinajstić information content (AvgIpc) is 2.13. The fourth-order valence-electron chi connectivity index (χ4n) is 0.548.